The average molecular weight is 1380 g/mol. The molecule has 0 aliphatic carbocycles. The van der Waals surface area contributed by atoms with Gasteiger partial charge in [0, 0.05) is 6.42 Å². The molecular formula is C84H147NO13. The highest BCUT2D eigenvalue weighted by atomic mass is 16.7. The number of ether oxygens (including phenoxy) is 4. The van der Waals surface area contributed by atoms with Gasteiger partial charge in [0.2, 0.25) is 5.91 Å². The zero-order valence-electron chi connectivity index (χ0n) is 62.0. The lowest BCUT2D eigenvalue weighted by atomic mass is 9.97. The molecule has 14 nitrogen and oxygen atoms in total. The van der Waals surface area contributed by atoms with Crippen LogP contribution in [0.15, 0.2) is 109 Å². The van der Waals surface area contributed by atoms with Crippen molar-refractivity contribution in [2.24, 2.45) is 0 Å². The highest BCUT2D eigenvalue weighted by molar-refractivity contribution is 5.76. The third-order valence-electron chi connectivity index (χ3n) is 19.0. The third-order valence-corrected chi connectivity index (χ3v) is 19.0. The minimum absolute atomic E-state index is 0.248. The van der Waals surface area contributed by atoms with Crippen molar-refractivity contribution in [3.05, 3.63) is 109 Å². The quantitative estimate of drug-likeness (QED) is 0.0204. The Hall–Kier alpha value is -3.35. The lowest BCUT2D eigenvalue weighted by Crippen LogP contribution is -2.65. The first-order valence-corrected chi connectivity index (χ1v) is 40.1. The molecule has 0 bridgehead atoms. The molecule has 0 aromatic carbocycles. The van der Waals surface area contributed by atoms with E-state index >= 15 is 0 Å². The summed E-state index contributed by atoms with van der Waals surface area (Å²) in [6, 6.07) is -0.929. The van der Waals surface area contributed by atoms with E-state index in [1.165, 1.54) is 193 Å². The predicted molar refractivity (Wildman–Crippen MR) is 406 cm³/mol. The third kappa shape index (κ3) is 49.3. The minimum atomic E-state index is -1.80. The average Bonchev–Trinajstić information content (AvgIpc) is 0.793. The summed E-state index contributed by atoms with van der Waals surface area (Å²) in [5.41, 5.74) is 0. The first-order valence-electron chi connectivity index (χ1n) is 40.1. The Balaban J connectivity index is 1.64. The molecule has 2 aliphatic heterocycles. The number of carbonyl (C=O) groups excluding carboxylic acids is 1. The summed E-state index contributed by atoms with van der Waals surface area (Å²) < 4.78 is 22.9. The number of aliphatic hydroxyl groups excluding tert-OH is 8. The monoisotopic (exact) mass is 1380 g/mol. The van der Waals surface area contributed by atoms with E-state index in [0.29, 0.717) is 6.42 Å². The van der Waals surface area contributed by atoms with Crippen LogP contribution in [0.5, 0.6) is 0 Å². The van der Waals surface area contributed by atoms with Crippen LogP contribution < -0.4 is 5.32 Å². The molecule has 0 spiro atoms. The van der Waals surface area contributed by atoms with Gasteiger partial charge in [0.05, 0.1) is 32.0 Å². The second-order valence-corrected chi connectivity index (χ2v) is 27.8. The smallest absolute Gasteiger partial charge is 0.220 e. The van der Waals surface area contributed by atoms with Crippen molar-refractivity contribution in [2.45, 2.75) is 396 Å². The van der Waals surface area contributed by atoms with Crippen LogP contribution in [0.1, 0.15) is 322 Å². The van der Waals surface area contributed by atoms with Gasteiger partial charge in [-0.05, 0) is 83.5 Å². The second kappa shape index (κ2) is 66.9. The zero-order valence-corrected chi connectivity index (χ0v) is 62.0. The van der Waals surface area contributed by atoms with Crippen LogP contribution in [0, 0.1) is 0 Å². The van der Waals surface area contributed by atoms with Crippen LogP contribution in [-0.4, -0.2) is 140 Å². The fourth-order valence-electron chi connectivity index (χ4n) is 12.7. The summed E-state index contributed by atoms with van der Waals surface area (Å²) in [6.07, 6.45) is 80.1. The summed E-state index contributed by atoms with van der Waals surface area (Å²) in [6.45, 7) is 2.71. The Kier molecular flexibility index (Phi) is 61.9. The number of carbonyl (C=O) groups is 1. The number of aliphatic hydroxyl groups is 8. The summed E-state index contributed by atoms with van der Waals surface area (Å²) in [5, 5.41) is 87.7. The molecule has 0 saturated carbocycles. The van der Waals surface area contributed by atoms with Crippen molar-refractivity contribution in [1.82, 2.24) is 5.32 Å². The number of unbranched alkanes of at least 4 members (excludes halogenated alkanes) is 37. The van der Waals surface area contributed by atoms with Crippen molar-refractivity contribution in [3.63, 3.8) is 0 Å². The van der Waals surface area contributed by atoms with Crippen LogP contribution in [0.4, 0.5) is 0 Å². The molecule has 0 radical (unpaired) electrons. The topological polar surface area (TPSA) is 228 Å². The maximum Gasteiger partial charge on any atom is 0.220 e. The Labute approximate surface area is 597 Å². The number of hydrogen-bond acceptors (Lipinski definition) is 13. The van der Waals surface area contributed by atoms with Gasteiger partial charge in [-0.25, -0.2) is 0 Å². The number of rotatable bonds is 66. The Bertz CT molecular complexity index is 2070. The fraction of sp³-hybridized carbons (Fsp3) is 0.774. The molecule has 2 fully saturated rings. The van der Waals surface area contributed by atoms with Crippen LogP contribution >= 0.6 is 0 Å². The summed E-state index contributed by atoms with van der Waals surface area (Å²) in [7, 11) is 0. The highest BCUT2D eigenvalue weighted by Gasteiger charge is 2.51. The Morgan fingerprint density at radius 1 is 0.378 bits per heavy atom. The van der Waals surface area contributed by atoms with E-state index in [-0.39, 0.29) is 18.9 Å². The van der Waals surface area contributed by atoms with Gasteiger partial charge in [-0.3, -0.25) is 4.79 Å². The summed E-state index contributed by atoms with van der Waals surface area (Å²) in [4.78, 5) is 13.4. The molecule has 1 amide bonds. The normalized spacial score (nSPS) is 22.6. The second-order valence-electron chi connectivity index (χ2n) is 27.8. The molecule has 2 rings (SSSR count). The van der Waals surface area contributed by atoms with E-state index in [4.69, 9.17) is 18.9 Å². The molecule has 9 N–H and O–H groups in total. The molecule has 2 saturated heterocycles. The molecule has 12 unspecified atom stereocenters. The molecule has 98 heavy (non-hydrogen) atoms. The minimum Gasteiger partial charge on any atom is -0.394 e. The van der Waals surface area contributed by atoms with Gasteiger partial charge in [-0.1, -0.05) is 342 Å². The maximum absolute atomic E-state index is 13.4. The Morgan fingerprint density at radius 2 is 0.704 bits per heavy atom. The molecule has 566 valence electrons. The van der Waals surface area contributed by atoms with E-state index < -0.39 is 86.8 Å². The molecule has 12 atom stereocenters. The zero-order chi connectivity index (χ0) is 70.8. The molecule has 0 aromatic rings. The molecule has 14 heteroatoms. The van der Waals surface area contributed by atoms with E-state index in [1.54, 1.807) is 6.08 Å². The molecule has 2 aliphatic rings. The van der Waals surface area contributed by atoms with Crippen LogP contribution in [0.2, 0.25) is 0 Å². The van der Waals surface area contributed by atoms with Gasteiger partial charge in [0.15, 0.2) is 12.6 Å². The van der Waals surface area contributed by atoms with Gasteiger partial charge < -0.3 is 65.1 Å². The first kappa shape index (κ1) is 90.7. The standard InChI is InChI=1S/C84H147NO13/c1-3-5-7-9-11-13-15-17-19-21-23-25-27-29-31-33-35-36-38-40-42-44-46-48-50-52-54-56-58-60-62-64-66-68-76(89)85-72(71-95-83-81(94)79(92)82(75(70-87)97-83)98-84-80(93)78(91)77(90)74(69-86)96-84)73(88)67-65-63-61-59-57-55-53-51-49-47-45-43-41-39-37-34-32-30-28-26-24-22-20-18-16-14-12-10-8-6-4-2/h5,7,11,13,17,19,23,25,29,31,35-36,40,42,46,48,65,67,72-75,77-84,86-88,90-94H,3-4,6,8-10,12,14-16,18,20-22,24,26-28,30,32-34,37-39,41,43-45,47,49-64,66,68-71H2,1-2H3,(H,85,89)/b7-5-,13-11-,19-17-,25-23-,31-29-,36-35-,42-40-,48-46-,67-65+. The van der Waals surface area contributed by atoms with Gasteiger partial charge >= 0.3 is 0 Å². The predicted octanol–water partition coefficient (Wildman–Crippen LogP) is 18.2. The number of nitrogens with one attached hydrogen (secondary N) is 1. The molecule has 0 aromatic heterocycles. The van der Waals surface area contributed by atoms with Crippen LogP contribution in [-0.2, 0) is 23.7 Å². The lowest BCUT2D eigenvalue weighted by Gasteiger charge is -2.46. The van der Waals surface area contributed by atoms with Crippen molar-refractivity contribution in [2.75, 3.05) is 19.8 Å². The van der Waals surface area contributed by atoms with Gasteiger partial charge in [-0.15, -0.1) is 0 Å². The van der Waals surface area contributed by atoms with Gasteiger partial charge in [-0.2, -0.15) is 0 Å². The molecule has 2 heterocycles. The maximum atomic E-state index is 13.4. The number of hydrogen-bond donors (Lipinski definition) is 9. The number of allylic oxidation sites excluding steroid dienone is 17. The summed E-state index contributed by atoms with van der Waals surface area (Å²) in [5.74, 6) is -0.248. The van der Waals surface area contributed by atoms with Gasteiger partial charge in [0.25, 0.3) is 0 Å². The Morgan fingerprint density at radius 3 is 1.08 bits per heavy atom. The SMILES string of the molecule is CC/C=C\C/C=C\C/C=C\C/C=C\C/C=C\C/C=C\C/C=C\C/C=C\CCCCCCCCCCC(=O)NC(COC1OC(CO)C(OC2OC(CO)C(O)C(O)C2O)C(O)C1O)C(O)/C=C/CCCCCCCCCCCCCCCCCCCCCCCCCCCCCCC. The van der Waals surface area contributed by atoms with Crippen molar-refractivity contribution in [3.8, 4) is 0 Å². The first-order chi connectivity index (χ1) is 48.1. The van der Waals surface area contributed by atoms with Crippen molar-refractivity contribution in [1.29, 1.82) is 0 Å². The van der Waals surface area contributed by atoms with Crippen molar-refractivity contribution < 1.29 is 64.6 Å². The van der Waals surface area contributed by atoms with Crippen LogP contribution in [0.3, 0.4) is 0 Å². The largest absolute Gasteiger partial charge is 0.394 e. The van der Waals surface area contributed by atoms with E-state index in [2.05, 4.69) is 116 Å². The van der Waals surface area contributed by atoms with E-state index in [9.17, 15) is 45.6 Å². The van der Waals surface area contributed by atoms with Gasteiger partial charge in [0.1, 0.15) is 48.8 Å². The van der Waals surface area contributed by atoms with Crippen LogP contribution in [0.25, 0.3) is 0 Å². The fourth-order valence-corrected chi connectivity index (χ4v) is 12.7. The molecular weight excluding hydrogens is 1230 g/mol. The van der Waals surface area contributed by atoms with Crippen molar-refractivity contribution >= 4 is 5.91 Å². The van der Waals surface area contributed by atoms with E-state index in [0.717, 1.165) is 103 Å². The lowest BCUT2D eigenvalue weighted by molar-refractivity contribution is -0.359. The highest BCUT2D eigenvalue weighted by Crippen LogP contribution is 2.30. The summed E-state index contributed by atoms with van der Waals surface area (Å²) >= 11 is 0. The number of amides is 1. The van der Waals surface area contributed by atoms with E-state index in [1.807, 2.05) is 6.08 Å².